The summed E-state index contributed by atoms with van der Waals surface area (Å²) in [6.07, 6.45) is 6.68. The van der Waals surface area contributed by atoms with E-state index in [9.17, 15) is 9.59 Å². The molecule has 5 rings (SSSR count). The Balaban J connectivity index is 1.54. The number of fused-ring (bicyclic) bond motifs is 1. The van der Waals surface area contributed by atoms with Crippen LogP contribution in [0.2, 0.25) is 0 Å². The Morgan fingerprint density at radius 3 is 2.19 bits per heavy atom. The quantitative estimate of drug-likeness (QED) is 0.277. The van der Waals surface area contributed by atoms with Gasteiger partial charge < -0.3 is 23.7 Å². The number of aliphatic imine (C=N–C) groups is 1. The highest BCUT2D eigenvalue weighted by Crippen LogP contribution is 2.48. The van der Waals surface area contributed by atoms with Crippen molar-refractivity contribution in [1.29, 1.82) is 0 Å². The molecule has 8 heteroatoms. The van der Waals surface area contributed by atoms with Crippen LogP contribution < -0.4 is 18.9 Å². The summed E-state index contributed by atoms with van der Waals surface area (Å²) in [4.78, 5) is 33.0. The van der Waals surface area contributed by atoms with Gasteiger partial charge in [0.25, 0.3) is 0 Å². The molecule has 230 valence electrons. The van der Waals surface area contributed by atoms with Crippen molar-refractivity contribution in [3.63, 3.8) is 0 Å². The first kappa shape index (κ1) is 30.6. The summed E-state index contributed by atoms with van der Waals surface area (Å²) in [7, 11) is 4.81. The Hall–Kier alpha value is -3.81. The van der Waals surface area contributed by atoms with Gasteiger partial charge in [-0.3, -0.25) is 9.79 Å². The maximum Gasteiger partial charge on any atom is 0.336 e. The molecule has 0 saturated heterocycles. The van der Waals surface area contributed by atoms with E-state index < -0.39 is 11.8 Å². The van der Waals surface area contributed by atoms with Crippen LogP contribution in [0.15, 0.2) is 52.7 Å². The van der Waals surface area contributed by atoms with Crippen LogP contribution in [0, 0.1) is 5.92 Å². The van der Waals surface area contributed by atoms with E-state index in [1.165, 1.54) is 0 Å². The van der Waals surface area contributed by atoms with Gasteiger partial charge in [-0.05, 0) is 86.8 Å². The fourth-order valence-electron chi connectivity index (χ4n) is 6.75. The van der Waals surface area contributed by atoms with Gasteiger partial charge in [-0.2, -0.15) is 0 Å². The van der Waals surface area contributed by atoms with Crippen LogP contribution in [0.5, 0.6) is 23.0 Å². The van der Waals surface area contributed by atoms with Crippen LogP contribution in [0.3, 0.4) is 0 Å². The van der Waals surface area contributed by atoms with Crippen molar-refractivity contribution >= 4 is 17.5 Å². The number of ketones is 1. The summed E-state index contributed by atoms with van der Waals surface area (Å²) >= 11 is 0. The molecule has 2 aromatic carbocycles. The minimum absolute atomic E-state index is 0.0514. The molecule has 2 saturated carbocycles. The lowest BCUT2D eigenvalue weighted by Crippen LogP contribution is -2.41. The maximum absolute atomic E-state index is 14.1. The van der Waals surface area contributed by atoms with Gasteiger partial charge in [0.15, 0.2) is 23.0 Å². The van der Waals surface area contributed by atoms with Gasteiger partial charge in [0.2, 0.25) is 0 Å². The second-order valence-electron chi connectivity index (χ2n) is 11.7. The molecule has 0 spiro atoms. The van der Waals surface area contributed by atoms with Crippen molar-refractivity contribution in [2.75, 3.05) is 27.9 Å². The predicted octanol–water partition coefficient (Wildman–Crippen LogP) is 6.95. The van der Waals surface area contributed by atoms with E-state index in [1.807, 2.05) is 50.2 Å². The Kier molecular flexibility index (Phi) is 9.73. The number of ether oxygens (including phenoxy) is 5. The number of esters is 1. The molecule has 1 aliphatic heterocycles. The van der Waals surface area contributed by atoms with Crippen LogP contribution in [0.25, 0.3) is 0 Å². The minimum atomic E-state index is -0.568. The average Bonchev–Trinajstić information content (AvgIpc) is 3.02. The molecule has 3 atom stereocenters. The van der Waals surface area contributed by atoms with Crippen molar-refractivity contribution < 1.29 is 33.3 Å². The fourth-order valence-corrected chi connectivity index (χ4v) is 6.75. The molecule has 0 amide bonds. The molecular formula is C35H43NO7. The minimum Gasteiger partial charge on any atom is -0.493 e. The number of carbonyl (C=O) groups excluding carboxylic acids is 2. The molecule has 2 aromatic rings. The van der Waals surface area contributed by atoms with Crippen molar-refractivity contribution in [2.24, 2.45) is 10.9 Å². The number of rotatable bonds is 10. The van der Waals surface area contributed by atoms with Crippen LogP contribution in [-0.2, 0) is 14.3 Å². The van der Waals surface area contributed by atoms with Crippen molar-refractivity contribution in [1.82, 2.24) is 0 Å². The zero-order valence-corrected chi connectivity index (χ0v) is 25.9. The monoisotopic (exact) mass is 589 g/mol. The summed E-state index contributed by atoms with van der Waals surface area (Å²) in [5, 5.41) is 0. The number of hydrogen-bond acceptors (Lipinski definition) is 8. The van der Waals surface area contributed by atoms with Gasteiger partial charge in [-0.15, -0.1) is 0 Å². The lowest BCUT2D eigenvalue weighted by molar-refractivity contribution is -0.146. The Bertz CT molecular complexity index is 1400. The number of carbonyl (C=O) groups is 2. The molecule has 0 N–H and O–H groups in total. The molecule has 43 heavy (non-hydrogen) atoms. The van der Waals surface area contributed by atoms with Gasteiger partial charge in [0, 0.05) is 23.7 Å². The Morgan fingerprint density at radius 1 is 0.837 bits per heavy atom. The average molecular weight is 590 g/mol. The largest absolute Gasteiger partial charge is 0.493 e. The first-order chi connectivity index (χ1) is 20.9. The first-order valence-corrected chi connectivity index (χ1v) is 15.4. The van der Waals surface area contributed by atoms with Crippen molar-refractivity contribution in [3.05, 3.63) is 58.8 Å². The van der Waals surface area contributed by atoms with E-state index in [-0.39, 0.29) is 23.8 Å². The molecule has 0 radical (unpaired) electrons. The summed E-state index contributed by atoms with van der Waals surface area (Å²) in [5.41, 5.74) is 3.65. The number of allylic oxidation sites excluding steroid dienone is 1. The van der Waals surface area contributed by atoms with E-state index in [4.69, 9.17) is 28.7 Å². The van der Waals surface area contributed by atoms with Gasteiger partial charge in [0.1, 0.15) is 11.9 Å². The molecular weight excluding hydrogens is 546 g/mol. The number of hydrogen-bond donors (Lipinski definition) is 0. The second-order valence-corrected chi connectivity index (χ2v) is 11.7. The highest BCUT2D eigenvalue weighted by Gasteiger charge is 2.46. The second kappa shape index (κ2) is 13.7. The highest BCUT2D eigenvalue weighted by atomic mass is 16.5. The zero-order chi connectivity index (χ0) is 30.5. The highest BCUT2D eigenvalue weighted by molar-refractivity contribution is 6.12. The summed E-state index contributed by atoms with van der Waals surface area (Å²) in [6.45, 7) is 4.46. The first-order valence-electron chi connectivity index (χ1n) is 15.4. The molecule has 1 unspecified atom stereocenters. The van der Waals surface area contributed by atoms with Crippen LogP contribution >= 0.6 is 0 Å². The van der Waals surface area contributed by atoms with Gasteiger partial charge in [0.05, 0.1) is 39.4 Å². The van der Waals surface area contributed by atoms with Gasteiger partial charge in [-0.25, -0.2) is 4.79 Å². The van der Waals surface area contributed by atoms with Gasteiger partial charge >= 0.3 is 5.97 Å². The smallest absolute Gasteiger partial charge is 0.336 e. The number of Topliss-reactive ketones (excluding diaryl/α,β-unsaturated/α-hetero) is 1. The molecule has 2 fully saturated rings. The zero-order valence-electron chi connectivity index (χ0n) is 25.9. The topological polar surface area (TPSA) is 92.7 Å². The van der Waals surface area contributed by atoms with Crippen LogP contribution in [0.1, 0.15) is 88.2 Å². The summed E-state index contributed by atoms with van der Waals surface area (Å²) < 4.78 is 28.6. The number of benzene rings is 2. The van der Waals surface area contributed by atoms with Crippen molar-refractivity contribution in [2.45, 2.75) is 83.2 Å². The van der Waals surface area contributed by atoms with Crippen LogP contribution in [0.4, 0.5) is 0 Å². The standard InChI is InChI=1S/C35H43NO7/c1-6-16-42-29-15-13-23(20-31(29)41-5)33-32(35(38)43-25-10-8-7-9-11-25)21(2)36-26-17-24(18-27(37)34(26)33)22-12-14-28(39-3)30(19-22)40-4/h12-15,19-20,24-25,33-34H,6-11,16-18H2,1-5H3/t24-,33-,34?/m1/s1. The Labute approximate surface area is 254 Å². The molecule has 0 bridgehead atoms. The number of methoxy groups -OCH3 is 3. The van der Waals surface area contributed by atoms with E-state index in [2.05, 4.69) is 0 Å². The van der Waals surface area contributed by atoms with Crippen LogP contribution in [-0.4, -0.2) is 51.5 Å². The molecule has 2 aliphatic carbocycles. The number of nitrogens with zero attached hydrogens (tertiary/aromatic N) is 1. The third-order valence-electron chi connectivity index (χ3n) is 8.89. The third-order valence-corrected chi connectivity index (χ3v) is 8.89. The summed E-state index contributed by atoms with van der Waals surface area (Å²) in [5.74, 6) is 0.977. The normalized spacial score (nSPS) is 22.4. The third kappa shape index (κ3) is 6.43. The molecule has 0 aromatic heterocycles. The lowest BCUT2D eigenvalue weighted by Gasteiger charge is -2.38. The van der Waals surface area contributed by atoms with Crippen molar-refractivity contribution in [3.8, 4) is 23.0 Å². The lowest BCUT2D eigenvalue weighted by atomic mass is 9.66. The Morgan fingerprint density at radius 2 is 1.49 bits per heavy atom. The summed E-state index contributed by atoms with van der Waals surface area (Å²) in [6, 6.07) is 11.5. The predicted molar refractivity (Wildman–Crippen MR) is 165 cm³/mol. The van der Waals surface area contributed by atoms with Gasteiger partial charge in [-0.1, -0.05) is 25.5 Å². The van der Waals surface area contributed by atoms with E-state index in [1.54, 1.807) is 21.3 Å². The maximum atomic E-state index is 14.1. The SMILES string of the molecule is CCCOc1ccc([C@@H]2C(C(=O)OC3CCCCC3)=C(C)N=C3C[C@@H](c4ccc(OC)c(OC)c4)CC(=O)C32)cc1OC. The van der Waals surface area contributed by atoms with E-state index in [0.29, 0.717) is 53.7 Å². The van der Waals surface area contributed by atoms with E-state index >= 15 is 0 Å². The molecule has 3 aliphatic rings. The fraction of sp³-hybridized carbons (Fsp3) is 0.514. The van der Waals surface area contributed by atoms with E-state index in [0.717, 1.165) is 55.4 Å². The molecule has 1 heterocycles. The molecule has 8 nitrogen and oxygen atoms in total.